The molecule has 92 valence electrons. The highest BCUT2D eigenvalue weighted by Crippen LogP contribution is 2.21. The van der Waals surface area contributed by atoms with Crippen molar-refractivity contribution in [2.45, 2.75) is 25.3 Å². The topological polar surface area (TPSA) is 68.0 Å². The monoisotopic (exact) mass is 241 g/mol. The first-order chi connectivity index (χ1) is 8.74. The average molecular weight is 241 g/mol. The van der Waals surface area contributed by atoms with E-state index in [-0.39, 0.29) is 5.91 Å². The van der Waals surface area contributed by atoms with Gasteiger partial charge in [0.1, 0.15) is 5.69 Å². The largest absolute Gasteiger partial charge is 0.398 e. The van der Waals surface area contributed by atoms with Crippen molar-refractivity contribution in [3.63, 3.8) is 0 Å². The number of nitrogens with one attached hydrogen (secondary N) is 1. The number of benzene rings is 1. The summed E-state index contributed by atoms with van der Waals surface area (Å²) >= 11 is 0. The van der Waals surface area contributed by atoms with Gasteiger partial charge in [0.15, 0.2) is 0 Å². The summed E-state index contributed by atoms with van der Waals surface area (Å²) in [5.74, 6) is -0.128. The average Bonchev–Trinajstić information content (AvgIpc) is 2.33. The number of pyridine rings is 1. The van der Waals surface area contributed by atoms with E-state index in [0.29, 0.717) is 17.4 Å². The van der Waals surface area contributed by atoms with Gasteiger partial charge in [-0.3, -0.25) is 4.79 Å². The van der Waals surface area contributed by atoms with Crippen LogP contribution in [0.2, 0.25) is 0 Å². The number of fused-ring (bicyclic) bond motifs is 1. The lowest BCUT2D eigenvalue weighted by atomic mass is 9.93. The van der Waals surface area contributed by atoms with Crippen molar-refractivity contribution in [2.75, 3.05) is 5.73 Å². The second kappa shape index (κ2) is 4.29. The van der Waals surface area contributed by atoms with Crippen molar-refractivity contribution in [1.29, 1.82) is 0 Å². The van der Waals surface area contributed by atoms with Gasteiger partial charge in [-0.05, 0) is 31.4 Å². The van der Waals surface area contributed by atoms with E-state index in [1.807, 2.05) is 24.3 Å². The highest BCUT2D eigenvalue weighted by molar-refractivity contribution is 5.99. The second-order valence-corrected chi connectivity index (χ2v) is 4.72. The number of nitrogen functional groups attached to an aromatic ring is 1. The van der Waals surface area contributed by atoms with Crippen molar-refractivity contribution >= 4 is 22.5 Å². The maximum atomic E-state index is 12.0. The molecule has 1 aromatic heterocycles. The molecule has 1 saturated carbocycles. The number of nitrogens with zero attached hydrogens (tertiary/aromatic N) is 1. The molecule has 0 aliphatic heterocycles. The molecule has 0 atom stereocenters. The van der Waals surface area contributed by atoms with E-state index >= 15 is 0 Å². The fourth-order valence-electron chi connectivity index (χ4n) is 2.13. The number of nitrogens with two attached hydrogens (primary N) is 1. The molecule has 1 amide bonds. The third-order valence-electron chi connectivity index (χ3n) is 3.42. The van der Waals surface area contributed by atoms with E-state index in [9.17, 15) is 4.79 Å². The summed E-state index contributed by atoms with van der Waals surface area (Å²) in [5.41, 5.74) is 7.71. The summed E-state index contributed by atoms with van der Waals surface area (Å²) in [6.07, 6.45) is 3.32. The van der Waals surface area contributed by atoms with E-state index in [1.54, 1.807) is 6.07 Å². The van der Waals surface area contributed by atoms with Gasteiger partial charge in [0.25, 0.3) is 5.91 Å². The second-order valence-electron chi connectivity index (χ2n) is 4.72. The number of aromatic nitrogens is 1. The summed E-state index contributed by atoms with van der Waals surface area (Å²) in [4.78, 5) is 16.4. The number of carbonyl (C=O) groups is 1. The Morgan fingerprint density at radius 2 is 2.11 bits per heavy atom. The van der Waals surface area contributed by atoms with Gasteiger partial charge in [0.2, 0.25) is 0 Å². The summed E-state index contributed by atoms with van der Waals surface area (Å²) < 4.78 is 0. The molecule has 18 heavy (non-hydrogen) atoms. The van der Waals surface area contributed by atoms with Crippen molar-refractivity contribution in [3.05, 3.63) is 36.0 Å². The first-order valence-electron chi connectivity index (χ1n) is 6.20. The highest BCUT2D eigenvalue weighted by atomic mass is 16.1. The lowest BCUT2D eigenvalue weighted by molar-refractivity contribution is 0.0912. The Morgan fingerprint density at radius 1 is 1.33 bits per heavy atom. The molecule has 1 fully saturated rings. The molecule has 0 bridgehead atoms. The van der Waals surface area contributed by atoms with Crippen molar-refractivity contribution in [2.24, 2.45) is 0 Å². The molecule has 1 aliphatic rings. The minimum absolute atomic E-state index is 0.128. The molecule has 1 heterocycles. The summed E-state index contributed by atoms with van der Waals surface area (Å²) in [5, 5.41) is 3.85. The molecule has 4 nitrogen and oxygen atoms in total. The molecular formula is C14H15N3O. The summed E-state index contributed by atoms with van der Waals surface area (Å²) in [7, 11) is 0. The van der Waals surface area contributed by atoms with Gasteiger partial charge < -0.3 is 11.1 Å². The minimum atomic E-state index is -0.128. The van der Waals surface area contributed by atoms with Gasteiger partial charge in [-0.25, -0.2) is 4.98 Å². The number of para-hydroxylation sites is 1. The number of rotatable bonds is 2. The zero-order chi connectivity index (χ0) is 12.5. The van der Waals surface area contributed by atoms with Crippen molar-refractivity contribution < 1.29 is 4.79 Å². The molecule has 2 aromatic rings. The lowest BCUT2D eigenvalue weighted by Crippen LogP contribution is -2.39. The fraction of sp³-hybridized carbons (Fsp3) is 0.286. The van der Waals surface area contributed by atoms with Crippen LogP contribution in [0.25, 0.3) is 10.9 Å². The number of anilines is 1. The predicted octanol–water partition coefficient (Wildman–Crippen LogP) is 2.10. The zero-order valence-electron chi connectivity index (χ0n) is 10.0. The smallest absolute Gasteiger partial charge is 0.270 e. The Kier molecular flexibility index (Phi) is 2.63. The molecule has 0 spiro atoms. The first-order valence-corrected chi connectivity index (χ1v) is 6.20. The SMILES string of the molecule is Nc1cc(C(=O)NC2CCC2)nc2ccccc12. The van der Waals surface area contributed by atoms with Gasteiger partial charge in [0, 0.05) is 17.1 Å². The van der Waals surface area contributed by atoms with E-state index in [0.717, 1.165) is 23.7 Å². The Bertz CT molecular complexity index is 605. The Labute approximate surface area is 105 Å². The summed E-state index contributed by atoms with van der Waals surface area (Å²) in [6.45, 7) is 0. The van der Waals surface area contributed by atoms with Crippen LogP contribution < -0.4 is 11.1 Å². The third-order valence-corrected chi connectivity index (χ3v) is 3.42. The van der Waals surface area contributed by atoms with Crippen LogP contribution in [0.3, 0.4) is 0 Å². The number of amides is 1. The van der Waals surface area contributed by atoms with Gasteiger partial charge in [0.05, 0.1) is 5.52 Å². The van der Waals surface area contributed by atoms with Crippen LogP contribution in [-0.4, -0.2) is 16.9 Å². The molecule has 4 heteroatoms. The molecule has 1 aromatic carbocycles. The normalized spacial score (nSPS) is 15.3. The Morgan fingerprint density at radius 3 is 2.83 bits per heavy atom. The number of hydrogen-bond donors (Lipinski definition) is 2. The minimum Gasteiger partial charge on any atom is -0.398 e. The molecule has 0 unspecified atom stereocenters. The zero-order valence-corrected chi connectivity index (χ0v) is 10.0. The van der Waals surface area contributed by atoms with E-state index < -0.39 is 0 Å². The third kappa shape index (κ3) is 1.90. The van der Waals surface area contributed by atoms with E-state index in [1.165, 1.54) is 6.42 Å². The lowest BCUT2D eigenvalue weighted by Gasteiger charge is -2.26. The van der Waals surface area contributed by atoms with E-state index in [2.05, 4.69) is 10.3 Å². The highest BCUT2D eigenvalue weighted by Gasteiger charge is 2.21. The van der Waals surface area contributed by atoms with Gasteiger partial charge in [-0.2, -0.15) is 0 Å². The first kappa shape index (κ1) is 11.0. The Hall–Kier alpha value is -2.10. The van der Waals surface area contributed by atoms with Gasteiger partial charge in [-0.15, -0.1) is 0 Å². The van der Waals surface area contributed by atoms with Gasteiger partial charge in [-0.1, -0.05) is 18.2 Å². The number of carbonyl (C=O) groups excluding carboxylic acids is 1. The standard InChI is InChI=1S/C14H15N3O/c15-11-8-13(14(18)16-9-4-3-5-9)17-12-7-2-1-6-10(11)12/h1-2,6-9H,3-5H2,(H2,15,17)(H,16,18). The van der Waals surface area contributed by atoms with Crippen LogP contribution in [0.5, 0.6) is 0 Å². The fourth-order valence-corrected chi connectivity index (χ4v) is 2.13. The maximum Gasteiger partial charge on any atom is 0.270 e. The predicted molar refractivity (Wildman–Crippen MR) is 71.3 cm³/mol. The quantitative estimate of drug-likeness (QED) is 0.846. The molecule has 3 N–H and O–H groups in total. The van der Waals surface area contributed by atoms with Crippen LogP contribution in [-0.2, 0) is 0 Å². The molecule has 0 saturated heterocycles. The van der Waals surface area contributed by atoms with Crippen LogP contribution in [0.4, 0.5) is 5.69 Å². The molecular weight excluding hydrogens is 226 g/mol. The van der Waals surface area contributed by atoms with Gasteiger partial charge >= 0.3 is 0 Å². The summed E-state index contributed by atoms with van der Waals surface area (Å²) in [6, 6.07) is 9.54. The van der Waals surface area contributed by atoms with Crippen LogP contribution in [0.1, 0.15) is 29.8 Å². The number of hydrogen-bond acceptors (Lipinski definition) is 3. The molecule has 3 rings (SSSR count). The van der Waals surface area contributed by atoms with Crippen molar-refractivity contribution in [3.8, 4) is 0 Å². The van der Waals surface area contributed by atoms with Crippen LogP contribution >= 0.6 is 0 Å². The van der Waals surface area contributed by atoms with Crippen molar-refractivity contribution in [1.82, 2.24) is 10.3 Å². The molecule has 0 radical (unpaired) electrons. The van der Waals surface area contributed by atoms with Crippen LogP contribution in [0.15, 0.2) is 30.3 Å². The maximum absolute atomic E-state index is 12.0. The van der Waals surface area contributed by atoms with E-state index in [4.69, 9.17) is 5.73 Å². The Balaban J connectivity index is 1.94. The molecule has 1 aliphatic carbocycles. The van der Waals surface area contributed by atoms with Crippen LogP contribution in [0, 0.1) is 0 Å².